The second-order valence-corrected chi connectivity index (χ2v) is 5.94. The van der Waals surface area contributed by atoms with E-state index in [1.807, 2.05) is 0 Å². The highest BCUT2D eigenvalue weighted by molar-refractivity contribution is 7.12. The maximum atomic E-state index is 5.42. The molecule has 1 unspecified atom stereocenters. The van der Waals surface area contributed by atoms with Crippen molar-refractivity contribution in [3.63, 3.8) is 0 Å². The molecular formula is C13H19N5OS. The minimum Gasteiger partial charge on any atom is -0.490 e. The summed E-state index contributed by atoms with van der Waals surface area (Å²) in [5, 5.41) is 3.34. The second kappa shape index (κ2) is 6.06. The van der Waals surface area contributed by atoms with Crippen LogP contribution in [0.3, 0.4) is 0 Å². The van der Waals surface area contributed by atoms with Crippen LogP contribution in [0.2, 0.25) is 0 Å². The fourth-order valence-electron chi connectivity index (χ4n) is 2.14. The van der Waals surface area contributed by atoms with Crippen molar-refractivity contribution in [2.24, 2.45) is 5.84 Å². The molecule has 2 aromatic rings. The van der Waals surface area contributed by atoms with Gasteiger partial charge in [0.05, 0.1) is 13.2 Å². The van der Waals surface area contributed by atoms with Crippen molar-refractivity contribution in [2.75, 3.05) is 17.9 Å². The van der Waals surface area contributed by atoms with Gasteiger partial charge in [-0.1, -0.05) is 0 Å². The Morgan fingerprint density at radius 3 is 2.55 bits per heavy atom. The third-order valence-corrected chi connectivity index (χ3v) is 4.03. The normalized spacial score (nSPS) is 12.1. The minimum absolute atomic E-state index is 0.120. The lowest BCUT2D eigenvalue weighted by molar-refractivity contribution is 0.414. The summed E-state index contributed by atoms with van der Waals surface area (Å²) >= 11 is 1.79. The lowest BCUT2D eigenvalue weighted by Gasteiger charge is -2.17. The number of hydrazine groups is 1. The van der Waals surface area contributed by atoms with E-state index in [1.54, 1.807) is 18.4 Å². The van der Waals surface area contributed by atoms with Crippen molar-refractivity contribution in [2.45, 2.75) is 26.8 Å². The van der Waals surface area contributed by atoms with Crippen molar-refractivity contribution >= 4 is 23.0 Å². The maximum absolute atomic E-state index is 5.42. The number of ether oxygens (including phenoxy) is 1. The van der Waals surface area contributed by atoms with Crippen molar-refractivity contribution in [1.82, 2.24) is 9.97 Å². The molecule has 2 aromatic heterocycles. The molecular weight excluding hydrogens is 274 g/mol. The Bertz CT molecular complexity index is 598. The average Bonchev–Trinajstić information content (AvgIpc) is 2.77. The van der Waals surface area contributed by atoms with Crippen molar-refractivity contribution in [1.29, 1.82) is 0 Å². The smallest absolute Gasteiger partial charge is 0.205 e. The standard InChI is InChI=1S/C13H19N5OS/c1-7-5-10(9(3)20-7)8(2)17-12-11(19-4)13(18-14)16-6-15-12/h5-6,8H,14H2,1-4H3,(H2,15,16,17,18). The quantitative estimate of drug-likeness (QED) is 0.580. The van der Waals surface area contributed by atoms with Crippen LogP contribution in [0.25, 0.3) is 0 Å². The first-order chi connectivity index (χ1) is 9.56. The number of nitrogens with zero attached hydrogens (tertiary/aromatic N) is 2. The van der Waals surface area contributed by atoms with Crippen LogP contribution in [0, 0.1) is 13.8 Å². The molecule has 0 saturated carbocycles. The largest absolute Gasteiger partial charge is 0.490 e. The van der Waals surface area contributed by atoms with E-state index in [0.29, 0.717) is 17.4 Å². The topological polar surface area (TPSA) is 85.1 Å². The van der Waals surface area contributed by atoms with Crippen LogP contribution in [0.15, 0.2) is 12.4 Å². The number of methoxy groups -OCH3 is 1. The maximum Gasteiger partial charge on any atom is 0.205 e. The highest BCUT2D eigenvalue weighted by Gasteiger charge is 2.16. The summed E-state index contributed by atoms with van der Waals surface area (Å²) in [6.45, 7) is 6.32. The first-order valence-corrected chi connectivity index (χ1v) is 7.07. The number of aryl methyl sites for hydroxylation is 2. The molecule has 1 atom stereocenters. The Labute approximate surface area is 122 Å². The van der Waals surface area contributed by atoms with Gasteiger partial charge in [-0.05, 0) is 32.4 Å². The van der Waals surface area contributed by atoms with Gasteiger partial charge in [-0.2, -0.15) is 0 Å². The lowest BCUT2D eigenvalue weighted by Crippen LogP contribution is -2.14. The Morgan fingerprint density at radius 2 is 2.00 bits per heavy atom. The van der Waals surface area contributed by atoms with Gasteiger partial charge in [-0.15, -0.1) is 11.3 Å². The Morgan fingerprint density at radius 1 is 1.30 bits per heavy atom. The number of nitrogen functional groups attached to an aromatic ring is 1. The number of nitrogens with one attached hydrogen (secondary N) is 2. The summed E-state index contributed by atoms with van der Waals surface area (Å²) in [6, 6.07) is 2.31. The van der Waals surface area contributed by atoms with Gasteiger partial charge in [0.25, 0.3) is 0 Å². The minimum atomic E-state index is 0.120. The first-order valence-electron chi connectivity index (χ1n) is 6.25. The van der Waals surface area contributed by atoms with E-state index >= 15 is 0 Å². The van der Waals surface area contributed by atoms with Crippen LogP contribution < -0.4 is 21.3 Å². The van der Waals surface area contributed by atoms with Crippen LogP contribution in [0.4, 0.5) is 11.6 Å². The molecule has 2 heterocycles. The van der Waals surface area contributed by atoms with E-state index in [1.165, 1.54) is 21.6 Å². The van der Waals surface area contributed by atoms with E-state index in [9.17, 15) is 0 Å². The average molecular weight is 293 g/mol. The molecule has 0 spiro atoms. The molecule has 0 amide bonds. The number of thiophene rings is 1. The number of anilines is 2. The van der Waals surface area contributed by atoms with Gasteiger partial charge in [0, 0.05) is 9.75 Å². The molecule has 0 aromatic carbocycles. The van der Waals surface area contributed by atoms with Crippen molar-refractivity contribution in [3.05, 3.63) is 27.7 Å². The van der Waals surface area contributed by atoms with Gasteiger partial charge in [0.2, 0.25) is 5.75 Å². The van der Waals surface area contributed by atoms with Crippen LogP contribution in [-0.4, -0.2) is 17.1 Å². The van der Waals surface area contributed by atoms with Gasteiger partial charge in [-0.3, -0.25) is 0 Å². The molecule has 6 nitrogen and oxygen atoms in total. The molecule has 0 aliphatic rings. The molecule has 20 heavy (non-hydrogen) atoms. The van der Waals surface area contributed by atoms with E-state index in [-0.39, 0.29) is 6.04 Å². The fourth-order valence-corrected chi connectivity index (χ4v) is 3.16. The van der Waals surface area contributed by atoms with Gasteiger partial charge >= 0.3 is 0 Å². The molecule has 7 heteroatoms. The third-order valence-electron chi connectivity index (χ3n) is 3.04. The highest BCUT2D eigenvalue weighted by atomic mass is 32.1. The predicted molar refractivity (Wildman–Crippen MR) is 82.2 cm³/mol. The summed E-state index contributed by atoms with van der Waals surface area (Å²) in [6.07, 6.45) is 1.44. The lowest BCUT2D eigenvalue weighted by atomic mass is 10.1. The summed E-state index contributed by atoms with van der Waals surface area (Å²) in [4.78, 5) is 10.8. The summed E-state index contributed by atoms with van der Waals surface area (Å²) in [5.74, 6) is 7.00. The fraction of sp³-hybridized carbons (Fsp3) is 0.385. The number of hydrogen-bond acceptors (Lipinski definition) is 7. The molecule has 2 rings (SSSR count). The molecule has 0 radical (unpaired) electrons. The zero-order chi connectivity index (χ0) is 14.7. The highest BCUT2D eigenvalue weighted by Crippen LogP contribution is 2.33. The van der Waals surface area contributed by atoms with Crippen molar-refractivity contribution < 1.29 is 4.74 Å². The van der Waals surface area contributed by atoms with Crippen LogP contribution >= 0.6 is 11.3 Å². The van der Waals surface area contributed by atoms with Crippen LogP contribution in [-0.2, 0) is 0 Å². The molecule has 108 valence electrons. The monoisotopic (exact) mass is 293 g/mol. The van der Waals surface area contributed by atoms with E-state index in [0.717, 1.165) is 0 Å². The molecule has 4 N–H and O–H groups in total. The predicted octanol–water partition coefficient (Wildman–Crippen LogP) is 2.62. The molecule has 0 aliphatic heterocycles. The molecule has 0 bridgehead atoms. The summed E-state index contributed by atoms with van der Waals surface area (Å²) in [5.41, 5.74) is 3.76. The Balaban J connectivity index is 2.28. The number of hydrogen-bond donors (Lipinski definition) is 3. The first kappa shape index (κ1) is 14.5. The number of aromatic nitrogens is 2. The van der Waals surface area contributed by atoms with Crippen LogP contribution in [0.1, 0.15) is 28.3 Å². The van der Waals surface area contributed by atoms with E-state index in [4.69, 9.17) is 10.6 Å². The van der Waals surface area contributed by atoms with Gasteiger partial charge < -0.3 is 15.5 Å². The van der Waals surface area contributed by atoms with Gasteiger partial charge in [0.1, 0.15) is 6.33 Å². The Hall–Kier alpha value is -1.86. The second-order valence-electron chi connectivity index (χ2n) is 4.48. The van der Waals surface area contributed by atoms with E-state index < -0.39 is 0 Å². The van der Waals surface area contributed by atoms with Gasteiger partial charge in [-0.25, -0.2) is 15.8 Å². The number of rotatable bonds is 5. The van der Waals surface area contributed by atoms with Crippen molar-refractivity contribution in [3.8, 4) is 5.75 Å². The molecule has 0 fully saturated rings. The third kappa shape index (κ3) is 2.83. The zero-order valence-electron chi connectivity index (χ0n) is 12.0. The van der Waals surface area contributed by atoms with E-state index in [2.05, 4.69) is 47.5 Å². The SMILES string of the molecule is COc1c(NN)ncnc1NC(C)c1cc(C)sc1C. The van der Waals surface area contributed by atoms with Gasteiger partial charge in [0.15, 0.2) is 11.6 Å². The molecule has 0 aliphatic carbocycles. The zero-order valence-corrected chi connectivity index (χ0v) is 12.8. The molecule has 0 saturated heterocycles. The summed E-state index contributed by atoms with van der Waals surface area (Å²) in [7, 11) is 1.56. The summed E-state index contributed by atoms with van der Waals surface area (Å²) < 4.78 is 5.31. The number of nitrogens with two attached hydrogens (primary N) is 1. The Kier molecular flexibility index (Phi) is 4.41. The van der Waals surface area contributed by atoms with Crippen LogP contribution in [0.5, 0.6) is 5.75 Å².